The average molecular weight is 186 g/mol. The van der Waals surface area contributed by atoms with E-state index in [2.05, 4.69) is 9.97 Å². The van der Waals surface area contributed by atoms with Crippen LogP contribution < -0.4 is 0 Å². The molecule has 0 aliphatic carbocycles. The van der Waals surface area contributed by atoms with Crippen molar-refractivity contribution in [1.82, 2.24) is 9.97 Å². The molecule has 0 amide bonds. The van der Waals surface area contributed by atoms with Crippen molar-refractivity contribution >= 4 is 6.29 Å². The number of hydrogen-bond donors (Lipinski definition) is 1. The van der Waals surface area contributed by atoms with Gasteiger partial charge in [0.05, 0.1) is 6.33 Å². The van der Waals surface area contributed by atoms with Crippen LogP contribution in [-0.4, -0.2) is 16.3 Å². The second-order valence-corrected chi connectivity index (χ2v) is 3.11. The molecule has 0 saturated heterocycles. The van der Waals surface area contributed by atoms with Crippen LogP contribution in [-0.2, 0) is 6.42 Å². The average Bonchev–Trinajstić information content (AvgIpc) is 2.72. The molecule has 14 heavy (non-hydrogen) atoms. The summed E-state index contributed by atoms with van der Waals surface area (Å²) in [6.45, 7) is 0. The molecule has 0 aliphatic rings. The van der Waals surface area contributed by atoms with Crippen LogP contribution in [0.4, 0.5) is 0 Å². The van der Waals surface area contributed by atoms with Crippen molar-refractivity contribution in [3.8, 4) is 0 Å². The zero-order valence-corrected chi connectivity index (χ0v) is 7.60. The van der Waals surface area contributed by atoms with E-state index in [9.17, 15) is 4.79 Å². The van der Waals surface area contributed by atoms with Gasteiger partial charge in [-0.1, -0.05) is 24.3 Å². The Hall–Kier alpha value is -1.90. The van der Waals surface area contributed by atoms with E-state index >= 15 is 0 Å². The van der Waals surface area contributed by atoms with Crippen LogP contribution in [0.15, 0.2) is 36.8 Å². The smallest absolute Gasteiger partial charge is 0.150 e. The number of aldehydes is 1. The lowest BCUT2D eigenvalue weighted by molar-refractivity contribution is 0.112. The maximum atomic E-state index is 10.4. The molecular formula is C11H10N2O. The molecule has 1 aromatic carbocycles. The van der Waals surface area contributed by atoms with Crippen LogP contribution in [0.25, 0.3) is 0 Å². The Morgan fingerprint density at radius 1 is 1.29 bits per heavy atom. The molecule has 0 fully saturated rings. The third kappa shape index (κ3) is 1.88. The zero-order valence-electron chi connectivity index (χ0n) is 7.60. The fourth-order valence-corrected chi connectivity index (χ4v) is 1.32. The zero-order chi connectivity index (χ0) is 9.80. The largest absolute Gasteiger partial charge is 0.348 e. The molecule has 0 spiro atoms. The summed E-state index contributed by atoms with van der Waals surface area (Å²) in [5.74, 6) is 0. The second kappa shape index (κ2) is 3.87. The molecule has 3 heteroatoms. The number of nitrogens with one attached hydrogen (secondary N) is 1. The lowest BCUT2D eigenvalue weighted by Gasteiger charge is -1.98. The van der Waals surface area contributed by atoms with Gasteiger partial charge in [-0.05, 0) is 5.56 Å². The molecule has 1 heterocycles. The van der Waals surface area contributed by atoms with E-state index in [-0.39, 0.29) is 0 Å². The third-order valence-electron chi connectivity index (χ3n) is 2.07. The van der Waals surface area contributed by atoms with Crippen molar-refractivity contribution < 1.29 is 4.79 Å². The summed E-state index contributed by atoms with van der Waals surface area (Å²) in [6.07, 6.45) is 5.13. The first-order valence-electron chi connectivity index (χ1n) is 4.40. The van der Waals surface area contributed by atoms with Gasteiger partial charge in [-0.3, -0.25) is 4.79 Å². The molecule has 0 bridgehead atoms. The highest BCUT2D eigenvalue weighted by molar-refractivity contribution is 5.74. The number of benzene rings is 1. The fourth-order valence-electron chi connectivity index (χ4n) is 1.32. The summed E-state index contributed by atoms with van der Waals surface area (Å²) in [6, 6.07) is 7.53. The summed E-state index contributed by atoms with van der Waals surface area (Å²) < 4.78 is 0. The van der Waals surface area contributed by atoms with Gasteiger partial charge >= 0.3 is 0 Å². The van der Waals surface area contributed by atoms with Gasteiger partial charge < -0.3 is 4.98 Å². The number of carbonyl (C=O) groups excluding carboxylic acids is 1. The minimum Gasteiger partial charge on any atom is -0.348 e. The Kier molecular flexibility index (Phi) is 2.40. The first kappa shape index (κ1) is 8.69. The van der Waals surface area contributed by atoms with Crippen molar-refractivity contribution in [2.45, 2.75) is 6.42 Å². The van der Waals surface area contributed by atoms with Crippen LogP contribution in [0.2, 0.25) is 0 Å². The van der Waals surface area contributed by atoms with E-state index in [1.54, 1.807) is 12.5 Å². The second-order valence-electron chi connectivity index (χ2n) is 3.11. The van der Waals surface area contributed by atoms with Crippen molar-refractivity contribution in [3.63, 3.8) is 0 Å². The third-order valence-corrected chi connectivity index (χ3v) is 2.07. The summed E-state index contributed by atoms with van der Waals surface area (Å²) in [5.41, 5.74) is 2.95. The van der Waals surface area contributed by atoms with E-state index in [4.69, 9.17) is 0 Å². The molecule has 0 saturated carbocycles. The molecule has 0 aliphatic heterocycles. The number of H-pyrrole nitrogens is 1. The van der Waals surface area contributed by atoms with Gasteiger partial charge in [0.25, 0.3) is 0 Å². The number of imidazole rings is 1. The Morgan fingerprint density at radius 2 is 2.07 bits per heavy atom. The van der Waals surface area contributed by atoms with Crippen molar-refractivity contribution in [2.24, 2.45) is 0 Å². The van der Waals surface area contributed by atoms with Gasteiger partial charge in [0.1, 0.15) is 6.29 Å². The maximum absolute atomic E-state index is 10.4. The van der Waals surface area contributed by atoms with Crippen LogP contribution in [0.5, 0.6) is 0 Å². The first-order valence-corrected chi connectivity index (χ1v) is 4.40. The van der Waals surface area contributed by atoms with Crippen molar-refractivity contribution in [2.75, 3.05) is 0 Å². The standard InChI is InChI=1S/C11H10N2O/c14-7-10-3-1-9(2-4-10)5-11-6-12-8-13-11/h1-4,6-8H,5H2,(H,12,13). The molecule has 0 atom stereocenters. The number of aromatic amines is 1. The van der Waals surface area contributed by atoms with E-state index in [1.165, 1.54) is 5.56 Å². The van der Waals surface area contributed by atoms with Gasteiger partial charge in [0, 0.05) is 23.9 Å². The molecule has 0 radical (unpaired) electrons. The molecule has 70 valence electrons. The fraction of sp³-hybridized carbons (Fsp3) is 0.0909. The molecule has 0 unspecified atom stereocenters. The van der Waals surface area contributed by atoms with Crippen LogP contribution in [0.3, 0.4) is 0 Å². The van der Waals surface area contributed by atoms with E-state index in [0.717, 1.165) is 18.4 Å². The lowest BCUT2D eigenvalue weighted by atomic mass is 10.1. The highest BCUT2D eigenvalue weighted by Gasteiger charge is 1.97. The Bertz CT molecular complexity index is 403. The Labute approximate surface area is 81.8 Å². The highest BCUT2D eigenvalue weighted by Crippen LogP contribution is 2.07. The topological polar surface area (TPSA) is 45.8 Å². The quantitative estimate of drug-likeness (QED) is 0.743. The van der Waals surface area contributed by atoms with Crippen LogP contribution >= 0.6 is 0 Å². The first-order chi connectivity index (χ1) is 6.88. The van der Waals surface area contributed by atoms with E-state index in [1.807, 2.05) is 24.3 Å². The SMILES string of the molecule is O=Cc1ccc(Cc2cnc[nH]2)cc1. The minimum absolute atomic E-state index is 0.707. The maximum Gasteiger partial charge on any atom is 0.150 e. The van der Waals surface area contributed by atoms with Gasteiger partial charge in [-0.2, -0.15) is 0 Å². The molecular weight excluding hydrogens is 176 g/mol. The number of aromatic nitrogens is 2. The van der Waals surface area contributed by atoms with Crippen LogP contribution in [0, 0.1) is 0 Å². The Balaban J connectivity index is 2.14. The molecule has 2 aromatic rings. The predicted octanol–water partition coefficient (Wildman–Crippen LogP) is 1.81. The molecule has 2 rings (SSSR count). The number of carbonyl (C=O) groups is 1. The molecule has 1 aromatic heterocycles. The van der Waals surface area contributed by atoms with Gasteiger partial charge in [-0.25, -0.2) is 4.98 Å². The highest BCUT2D eigenvalue weighted by atomic mass is 16.1. The molecule has 3 nitrogen and oxygen atoms in total. The normalized spacial score (nSPS) is 10.0. The summed E-state index contributed by atoms with van der Waals surface area (Å²) in [7, 11) is 0. The van der Waals surface area contributed by atoms with E-state index in [0.29, 0.717) is 5.56 Å². The summed E-state index contributed by atoms with van der Waals surface area (Å²) in [4.78, 5) is 17.4. The number of hydrogen-bond acceptors (Lipinski definition) is 2. The number of rotatable bonds is 3. The molecule has 1 N–H and O–H groups in total. The van der Waals surface area contributed by atoms with Gasteiger partial charge in [0.2, 0.25) is 0 Å². The lowest BCUT2D eigenvalue weighted by Crippen LogP contribution is -1.88. The van der Waals surface area contributed by atoms with Crippen LogP contribution in [0.1, 0.15) is 21.6 Å². The number of nitrogens with zero attached hydrogens (tertiary/aromatic N) is 1. The van der Waals surface area contributed by atoms with Crippen molar-refractivity contribution in [3.05, 3.63) is 53.6 Å². The summed E-state index contributed by atoms with van der Waals surface area (Å²) >= 11 is 0. The monoisotopic (exact) mass is 186 g/mol. The minimum atomic E-state index is 0.707. The summed E-state index contributed by atoms with van der Waals surface area (Å²) in [5, 5.41) is 0. The van der Waals surface area contributed by atoms with E-state index < -0.39 is 0 Å². The van der Waals surface area contributed by atoms with Gasteiger partial charge in [0.15, 0.2) is 0 Å². The Morgan fingerprint density at radius 3 is 2.64 bits per heavy atom. The predicted molar refractivity (Wildman–Crippen MR) is 53.2 cm³/mol. The van der Waals surface area contributed by atoms with Gasteiger partial charge in [-0.15, -0.1) is 0 Å². The van der Waals surface area contributed by atoms with Crippen molar-refractivity contribution in [1.29, 1.82) is 0 Å².